The Kier molecular flexibility index (Phi) is 8.53. The summed E-state index contributed by atoms with van der Waals surface area (Å²) < 4.78 is 15.6. The minimum Gasteiger partial charge on any atom is -0.464 e. The van der Waals surface area contributed by atoms with Crippen LogP contribution in [0.25, 0.3) is 0 Å². The third-order valence-electron chi connectivity index (χ3n) is 5.00. The topological polar surface area (TPSA) is 65.1 Å². The van der Waals surface area contributed by atoms with Crippen LogP contribution in [0.15, 0.2) is 0 Å². The lowest BCUT2D eigenvalue weighted by molar-refractivity contribution is -0.163. The van der Waals surface area contributed by atoms with E-state index in [-0.39, 0.29) is 30.4 Å². The number of carbonyl (C=O) groups is 2. The summed E-state index contributed by atoms with van der Waals surface area (Å²) in [7, 11) is 1.57. The second kappa shape index (κ2) is 10.7. The summed E-state index contributed by atoms with van der Waals surface area (Å²) in [5.74, 6) is -1.24. The minimum atomic E-state index is -0.363. The van der Waals surface area contributed by atoms with E-state index in [0.29, 0.717) is 26.1 Å². The molecule has 1 saturated carbocycles. The number of ether oxygens (including phenoxy) is 3. The van der Waals surface area contributed by atoms with E-state index < -0.39 is 0 Å². The lowest BCUT2D eigenvalue weighted by Crippen LogP contribution is -2.37. The summed E-state index contributed by atoms with van der Waals surface area (Å²) >= 11 is 0. The van der Waals surface area contributed by atoms with Crippen LogP contribution in [-0.2, 0) is 23.8 Å². The molecule has 1 heterocycles. The zero-order valence-electron chi connectivity index (χ0n) is 14.8. The van der Waals surface area contributed by atoms with Gasteiger partial charge in [-0.3, -0.25) is 14.5 Å². The summed E-state index contributed by atoms with van der Waals surface area (Å²) in [5.41, 5.74) is 0. The summed E-state index contributed by atoms with van der Waals surface area (Å²) in [6.07, 6.45) is 7.10. The van der Waals surface area contributed by atoms with Crippen molar-refractivity contribution in [3.63, 3.8) is 0 Å². The maximum Gasteiger partial charge on any atom is 0.309 e. The first-order valence-electron chi connectivity index (χ1n) is 9.27. The first-order chi connectivity index (χ1) is 11.7. The van der Waals surface area contributed by atoms with E-state index in [4.69, 9.17) is 14.2 Å². The van der Waals surface area contributed by atoms with Crippen LogP contribution in [0.1, 0.15) is 44.9 Å². The third kappa shape index (κ3) is 6.06. The van der Waals surface area contributed by atoms with E-state index in [0.717, 1.165) is 32.5 Å². The molecule has 0 aromatic carbocycles. The molecule has 0 amide bonds. The van der Waals surface area contributed by atoms with Crippen molar-refractivity contribution in [3.8, 4) is 0 Å². The van der Waals surface area contributed by atoms with Crippen LogP contribution in [-0.4, -0.2) is 63.4 Å². The van der Waals surface area contributed by atoms with E-state index in [1.807, 2.05) is 0 Å². The molecule has 6 heteroatoms. The third-order valence-corrected chi connectivity index (χ3v) is 5.00. The first kappa shape index (κ1) is 19.2. The predicted molar refractivity (Wildman–Crippen MR) is 89.5 cm³/mol. The molecule has 2 unspecified atom stereocenters. The molecule has 1 saturated heterocycles. The van der Waals surface area contributed by atoms with Crippen molar-refractivity contribution in [2.24, 2.45) is 11.8 Å². The first-order valence-corrected chi connectivity index (χ1v) is 9.27. The monoisotopic (exact) mass is 341 g/mol. The van der Waals surface area contributed by atoms with Crippen LogP contribution in [0.4, 0.5) is 0 Å². The van der Waals surface area contributed by atoms with Crippen LogP contribution in [0.2, 0.25) is 0 Å². The number of likely N-dealkylation sites (tertiary alicyclic amines) is 1. The molecule has 0 radical (unpaired) electrons. The predicted octanol–water partition coefficient (Wildman–Crippen LogP) is 2.01. The molecular weight excluding hydrogens is 310 g/mol. The molecular formula is C18H31NO5. The Morgan fingerprint density at radius 3 is 2.00 bits per heavy atom. The fourth-order valence-corrected chi connectivity index (χ4v) is 3.59. The molecule has 1 aliphatic heterocycles. The summed E-state index contributed by atoms with van der Waals surface area (Å²) in [6.45, 7) is 4.01. The molecule has 0 spiro atoms. The van der Waals surface area contributed by atoms with Crippen LogP contribution >= 0.6 is 0 Å². The van der Waals surface area contributed by atoms with Gasteiger partial charge in [0.2, 0.25) is 0 Å². The van der Waals surface area contributed by atoms with Gasteiger partial charge in [0.05, 0.1) is 18.4 Å². The number of esters is 2. The number of rotatable bonds is 8. The standard InChI is InChI=1S/C18H31NO5/c1-22-13-14-24-18(21)16-8-4-3-7-15(16)17(20)23-12-11-19-9-5-2-6-10-19/h15-16H,2-14H2,1H3. The van der Waals surface area contributed by atoms with Crippen LogP contribution in [0.5, 0.6) is 0 Å². The minimum absolute atomic E-state index is 0.236. The maximum atomic E-state index is 12.4. The van der Waals surface area contributed by atoms with Crippen molar-refractivity contribution in [1.82, 2.24) is 4.90 Å². The van der Waals surface area contributed by atoms with Crippen molar-refractivity contribution in [3.05, 3.63) is 0 Å². The maximum absolute atomic E-state index is 12.4. The van der Waals surface area contributed by atoms with E-state index in [2.05, 4.69) is 4.90 Å². The Balaban J connectivity index is 1.75. The highest BCUT2D eigenvalue weighted by Gasteiger charge is 2.37. The van der Waals surface area contributed by atoms with Crippen LogP contribution in [0, 0.1) is 11.8 Å². The lowest BCUT2D eigenvalue weighted by atomic mass is 9.79. The van der Waals surface area contributed by atoms with Gasteiger partial charge in [-0.1, -0.05) is 19.3 Å². The highest BCUT2D eigenvalue weighted by Crippen LogP contribution is 2.32. The average Bonchev–Trinajstić information content (AvgIpc) is 2.62. The lowest BCUT2D eigenvalue weighted by Gasteiger charge is -2.29. The Labute approximate surface area is 144 Å². The molecule has 2 aliphatic rings. The largest absolute Gasteiger partial charge is 0.464 e. The Morgan fingerprint density at radius 1 is 0.833 bits per heavy atom. The van der Waals surface area contributed by atoms with E-state index in [9.17, 15) is 9.59 Å². The number of nitrogens with zero attached hydrogens (tertiary/aromatic N) is 1. The highest BCUT2D eigenvalue weighted by molar-refractivity contribution is 5.82. The molecule has 24 heavy (non-hydrogen) atoms. The SMILES string of the molecule is COCCOC(=O)C1CCCCC1C(=O)OCCN1CCCCC1. The number of carbonyl (C=O) groups excluding carboxylic acids is 2. The van der Waals surface area contributed by atoms with Crippen molar-refractivity contribution in [2.45, 2.75) is 44.9 Å². The van der Waals surface area contributed by atoms with E-state index >= 15 is 0 Å². The van der Waals surface area contributed by atoms with Gasteiger partial charge in [0.15, 0.2) is 0 Å². The van der Waals surface area contributed by atoms with E-state index in [1.165, 1.54) is 19.3 Å². The molecule has 0 bridgehead atoms. The molecule has 0 N–H and O–H groups in total. The van der Waals surface area contributed by atoms with Gasteiger partial charge in [0, 0.05) is 13.7 Å². The molecule has 0 aromatic rings. The van der Waals surface area contributed by atoms with Crippen molar-refractivity contribution in [2.75, 3.05) is 46.6 Å². The molecule has 138 valence electrons. The molecule has 2 rings (SSSR count). The van der Waals surface area contributed by atoms with Gasteiger partial charge in [-0.2, -0.15) is 0 Å². The van der Waals surface area contributed by atoms with Crippen LogP contribution in [0.3, 0.4) is 0 Å². The van der Waals surface area contributed by atoms with Gasteiger partial charge in [0.1, 0.15) is 13.2 Å². The Morgan fingerprint density at radius 2 is 1.42 bits per heavy atom. The smallest absolute Gasteiger partial charge is 0.309 e. The van der Waals surface area contributed by atoms with Gasteiger partial charge >= 0.3 is 11.9 Å². The summed E-state index contributed by atoms with van der Waals surface area (Å²) in [5, 5.41) is 0. The fraction of sp³-hybridized carbons (Fsp3) is 0.889. The molecule has 6 nitrogen and oxygen atoms in total. The normalized spacial score (nSPS) is 25.2. The average molecular weight is 341 g/mol. The van der Waals surface area contributed by atoms with Gasteiger partial charge in [-0.25, -0.2) is 0 Å². The van der Waals surface area contributed by atoms with Gasteiger partial charge in [-0.05, 0) is 38.8 Å². The van der Waals surface area contributed by atoms with Crippen molar-refractivity contribution < 1.29 is 23.8 Å². The van der Waals surface area contributed by atoms with Crippen molar-refractivity contribution >= 4 is 11.9 Å². The summed E-state index contributed by atoms with van der Waals surface area (Å²) in [6, 6.07) is 0. The zero-order valence-corrected chi connectivity index (χ0v) is 14.8. The Bertz CT molecular complexity index is 395. The zero-order chi connectivity index (χ0) is 17.2. The Hall–Kier alpha value is -1.14. The molecule has 2 fully saturated rings. The number of methoxy groups -OCH3 is 1. The number of piperidine rings is 1. The summed E-state index contributed by atoms with van der Waals surface area (Å²) in [4.78, 5) is 27.0. The van der Waals surface area contributed by atoms with Crippen molar-refractivity contribution in [1.29, 1.82) is 0 Å². The molecule has 0 aromatic heterocycles. The molecule has 1 aliphatic carbocycles. The second-order valence-electron chi connectivity index (χ2n) is 6.73. The quantitative estimate of drug-likeness (QED) is 0.497. The van der Waals surface area contributed by atoms with Gasteiger partial charge in [0.25, 0.3) is 0 Å². The second-order valence-corrected chi connectivity index (χ2v) is 6.73. The number of hydrogen-bond acceptors (Lipinski definition) is 6. The highest BCUT2D eigenvalue weighted by atomic mass is 16.6. The van der Waals surface area contributed by atoms with Gasteiger partial charge in [-0.15, -0.1) is 0 Å². The number of hydrogen-bond donors (Lipinski definition) is 0. The fourth-order valence-electron chi connectivity index (χ4n) is 3.59. The van der Waals surface area contributed by atoms with E-state index in [1.54, 1.807) is 7.11 Å². The van der Waals surface area contributed by atoms with Crippen LogP contribution < -0.4 is 0 Å². The van der Waals surface area contributed by atoms with Gasteiger partial charge < -0.3 is 14.2 Å². The molecule has 2 atom stereocenters.